The van der Waals surface area contributed by atoms with Crippen LogP contribution in [0.2, 0.25) is 0 Å². The molecule has 1 aromatic carbocycles. The maximum atomic E-state index is 12.0. The minimum absolute atomic E-state index is 0.168. The molecule has 0 aliphatic carbocycles. The molecule has 0 bridgehead atoms. The van der Waals surface area contributed by atoms with Gasteiger partial charge in [0, 0.05) is 44.7 Å². The fourth-order valence-electron chi connectivity index (χ4n) is 3.61. The highest BCUT2D eigenvalue weighted by molar-refractivity contribution is 5.92. The van der Waals surface area contributed by atoms with Gasteiger partial charge < -0.3 is 24.7 Å². The van der Waals surface area contributed by atoms with Gasteiger partial charge in [-0.3, -0.25) is 9.79 Å². The third kappa shape index (κ3) is 5.31. The number of aryl methyl sites for hydroxylation is 1. The normalized spacial score (nSPS) is 16.7. The summed E-state index contributed by atoms with van der Waals surface area (Å²) in [6.07, 6.45) is 3.44. The van der Waals surface area contributed by atoms with Gasteiger partial charge in [0.15, 0.2) is 11.7 Å². The second-order valence-electron chi connectivity index (χ2n) is 7.22. The summed E-state index contributed by atoms with van der Waals surface area (Å²) in [5.41, 5.74) is 2.18. The summed E-state index contributed by atoms with van der Waals surface area (Å²) in [5, 5.41) is 6.29. The van der Waals surface area contributed by atoms with Crippen LogP contribution in [-0.2, 0) is 0 Å². The number of aliphatic imine (C=N–C) groups is 1. The van der Waals surface area contributed by atoms with E-state index in [0.29, 0.717) is 18.2 Å². The van der Waals surface area contributed by atoms with Crippen LogP contribution in [0.3, 0.4) is 0 Å². The number of carbonyl (C=O) groups excluding carboxylic acids is 1. The highest BCUT2D eigenvalue weighted by atomic mass is 16.5. The van der Waals surface area contributed by atoms with Crippen molar-refractivity contribution in [1.82, 2.24) is 15.5 Å². The van der Waals surface area contributed by atoms with E-state index in [1.54, 1.807) is 13.2 Å². The zero-order valence-corrected chi connectivity index (χ0v) is 17.4. The number of furan rings is 1. The molecule has 7 nitrogen and oxygen atoms in total. The molecule has 1 saturated heterocycles. The van der Waals surface area contributed by atoms with Crippen molar-refractivity contribution in [1.29, 1.82) is 0 Å². The summed E-state index contributed by atoms with van der Waals surface area (Å²) in [5.74, 6) is 2.51. The van der Waals surface area contributed by atoms with Crippen LogP contribution < -0.4 is 15.4 Å². The van der Waals surface area contributed by atoms with E-state index in [1.807, 2.05) is 26.1 Å². The van der Waals surface area contributed by atoms with Crippen LogP contribution in [0.15, 0.2) is 46.0 Å². The summed E-state index contributed by atoms with van der Waals surface area (Å²) < 4.78 is 10.4. The lowest BCUT2D eigenvalue weighted by Crippen LogP contribution is -2.41. The Kier molecular flexibility index (Phi) is 7.16. The van der Waals surface area contributed by atoms with E-state index in [1.165, 1.54) is 11.8 Å². The highest BCUT2D eigenvalue weighted by Crippen LogP contribution is 2.28. The molecule has 1 unspecified atom stereocenters. The lowest BCUT2D eigenvalue weighted by atomic mass is 9.98. The van der Waals surface area contributed by atoms with E-state index >= 15 is 0 Å². The predicted molar refractivity (Wildman–Crippen MR) is 114 cm³/mol. The molecule has 0 radical (unpaired) electrons. The summed E-state index contributed by atoms with van der Waals surface area (Å²) >= 11 is 0. The van der Waals surface area contributed by atoms with Crippen LogP contribution in [0.1, 0.15) is 40.4 Å². The molecule has 1 amide bonds. The van der Waals surface area contributed by atoms with Crippen LogP contribution in [0.5, 0.6) is 5.75 Å². The molecular weight excluding hydrogens is 368 g/mol. The molecule has 0 saturated carbocycles. The number of hydrogen-bond acceptors (Lipinski definition) is 4. The molecule has 1 fully saturated rings. The number of carbonyl (C=O) groups is 1. The molecule has 3 rings (SSSR count). The number of methoxy groups -OCH3 is 1. The van der Waals surface area contributed by atoms with E-state index < -0.39 is 0 Å². The first-order valence-electron chi connectivity index (χ1n) is 10.0. The van der Waals surface area contributed by atoms with Crippen LogP contribution in [-0.4, -0.2) is 57.1 Å². The number of likely N-dealkylation sites (tertiary alicyclic amines) is 1. The number of amides is 1. The third-order valence-corrected chi connectivity index (χ3v) is 5.28. The first-order valence-corrected chi connectivity index (χ1v) is 10.0. The summed E-state index contributed by atoms with van der Waals surface area (Å²) in [4.78, 5) is 18.7. The monoisotopic (exact) mass is 398 g/mol. The Hall–Kier alpha value is -2.96. The molecule has 0 spiro atoms. The van der Waals surface area contributed by atoms with Gasteiger partial charge in [0.05, 0.1) is 13.4 Å². The standard InChI is InChI=1S/C22H30N4O3/c1-16-10-14-29-20(16)21(27)24-11-4-12-25-22(23-2)26-13-9-18(15-26)17-5-7-19(28-3)8-6-17/h5-8,10,14,18H,4,9,11-13,15H2,1-3H3,(H,23,25)(H,24,27). The van der Waals surface area contributed by atoms with Crippen molar-refractivity contribution in [2.45, 2.75) is 25.7 Å². The third-order valence-electron chi connectivity index (χ3n) is 5.28. The van der Waals surface area contributed by atoms with Gasteiger partial charge >= 0.3 is 0 Å². The Bertz CT molecular complexity index is 829. The van der Waals surface area contributed by atoms with Crippen LogP contribution in [0, 0.1) is 6.92 Å². The largest absolute Gasteiger partial charge is 0.497 e. The molecule has 2 N–H and O–H groups in total. The topological polar surface area (TPSA) is 79.1 Å². The van der Waals surface area contributed by atoms with Crippen LogP contribution in [0.25, 0.3) is 0 Å². The van der Waals surface area contributed by atoms with Crippen molar-refractivity contribution in [3.8, 4) is 5.75 Å². The number of guanidine groups is 1. The average molecular weight is 399 g/mol. The lowest BCUT2D eigenvalue weighted by molar-refractivity contribution is 0.0925. The van der Waals surface area contributed by atoms with Gasteiger partial charge in [0.25, 0.3) is 5.91 Å². The minimum Gasteiger partial charge on any atom is -0.497 e. The number of rotatable bonds is 7. The first kappa shape index (κ1) is 20.8. The number of ether oxygens (including phenoxy) is 1. The summed E-state index contributed by atoms with van der Waals surface area (Å²) in [6.45, 7) is 5.11. The van der Waals surface area contributed by atoms with Crippen LogP contribution >= 0.6 is 0 Å². The quantitative estimate of drug-likeness (QED) is 0.426. The van der Waals surface area contributed by atoms with Crippen molar-refractivity contribution < 1.29 is 13.9 Å². The molecule has 1 atom stereocenters. The minimum atomic E-state index is -0.168. The SMILES string of the molecule is CN=C(NCCCNC(=O)c1occc1C)N1CCC(c2ccc(OC)cc2)C1. The van der Waals surface area contributed by atoms with E-state index in [4.69, 9.17) is 9.15 Å². The van der Waals surface area contributed by atoms with Crippen LogP contribution in [0.4, 0.5) is 0 Å². The molecule has 1 aromatic heterocycles. The van der Waals surface area contributed by atoms with Crippen molar-refractivity contribution in [2.24, 2.45) is 4.99 Å². The Morgan fingerprint density at radius 1 is 1.24 bits per heavy atom. The molecule has 1 aliphatic rings. The number of nitrogens with one attached hydrogen (secondary N) is 2. The Balaban J connectivity index is 1.40. The van der Waals surface area contributed by atoms with Crippen molar-refractivity contribution >= 4 is 11.9 Å². The maximum absolute atomic E-state index is 12.0. The zero-order valence-electron chi connectivity index (χ0n) is 17.4. The van der Waals surface area contributed by atoms with E-state index in [-0.39, 0.29) is 5.91 Å². The molecular formula is C22H30N4O3. The van der Waals surface area contributed by atoms with Crippen molar-refractivity contribution in [3.05, 3.63) is 53.5 Å². The van der Waals surface area contributed by atoms with Gasteiger partial charge in [0.1, 0.15) is 5.75 Å². The van der Waals surface area contributed by atoms with Crippen molar-refractivity contribution in [3.63, 3.8) is 0 Å². The average Bonchev–Trinajstić information content (AvgIpc) is 3.40. The van der Waals surface area contributed by atoms with Crippen molar-refractivity contribution in [2.75, 3.05) is 40.3 Å². The molecule has 2 heterocycles. The molecule has 2 aromatic rings. The predicted octanol–water partition coefficient (Wildman–Crippen LogP) is 2.78. The Morgan fingerprint density at radius 3 is 2.66 bits per heavy atom. The molecule has 156 valence electrons. The van der Waals surface area contributed by atoms with Gasteiger partial charge in [0.2, 0.25) is 0 Å². The second-order valence-corrected chi connectivity index (χ2v) is 7.22. The molecule has 1 aliphatic heterocycles. The van der Waals surface area contributed by atoms with Gasteiger partial charge in [-0.2, -0.15) is 0 Å². The van der Waals surface area contributed by atoms with E-state index in [2.05, 4.69) is 32.7 Å². The van der Waals surface area contributed by atoms with E-state index in [0.717, 1.165) is 49.7 Å². The fraction of sp³-hybridized carbons (Fsp3) is 0.455. The lowest BCUT2D eigenvalue weighted by Gasteiger charge is -2.22. The highest BCUT2D eigenvalue weighted by Gasteiger charge is 2.26. The Labute approximate surface area is 172 Å². The number of nitrogens with zero attached hydrogens (tertiary/aromatic N) is 2. The first-order chi connectivity index (χ1) is 14.1. The van der Waals surface area contributed by atoms with E-state index in [9.17, 15) is 4.79 Å². The van der Waals surface area contributed by atoms with Gasteiger partial charge in [-0.05, 0) is 43.5 Å². The maximum Gasteiger partial charge on any atom is 0.287 e. The van der Waals surface area contributed by atoms with Gasteiger partial charge in [-0.15, -0.1) is 0 Å². The summed E-state index contributed by atoms with van der Waals surface area (Å²) in [7, 11) is 3.50. The van der Waals surface area contributed by atoms with Gasteiger partial charge in [-0.25, -0.2) is 0 Å². The number of benzene rings is 1. The second kappa shape index (κ2) is 10.0. The molecule has 29 heavy (non-hydrogen) atoms. The molecule has 7 heteroatoms. The Morgan fingerprint density at radius 2 is 2.00 bits per heavy atom. The van der Waals surface area contributed by atoms with Gasteiger partial charge in [-0.1, -0.05) is 12.1 Å². The smallest absolute Gasteiger partial charge is 0.287 e. The zero-order chi connectivity index (χ0) is 20.6. The summed E-state index contributed by atoms with van der Waals surface area (Å²) in [6, 6.07) is 10.1. The fourth-order valence-corrected chi connectivity index (χ4v) is 3.61. The number of hydrogen-bond donors (Lipinski definition) is 2.